The third-order valence-electron chi connectivity index (χ3n) is 6.54. The Morgan fingerprint density at radius 3 is 2.44 bits per heavy atom. The molecule has 6 nitrogen and oxygen atoms in total. The molecule has 2 aliphatic rings. The number of carbonyl (C=O) groups is 1. The topological polar surface area (TPSA) is 87.9 Å². The van der Waals surface area contributed by atoms with Gasteiger partial charge in [0.15, 0.2) is 5.78 Å². The molecule has 7 heteroatoms. The Labute approximate surface area is 203 Å². The van der Waals surface area contributed by atoms with Crippen molar-refractivity contribution in [2.75, 3.05) is 4.90 Å². The van der Waals surface area contributed by atoms with Crippen LogP contribution in [0.1, 0.15) is 42.0 Å². The molecule has 1 unspecified atom stereocenters. The van der Waals surface area contributed by atoms with Gasteiger partial charge in [-0.15, -0.1) is 0 Å². The zero-order chi connectivity index (χ0) is 24.0. The lowest BCUT2D eigenvalue weighted by Gasteiger charge is -2.39. The summed E-state index contributed by atoms with van der Waals surface area (Å²) in [4.78, 5) is 15.2. The van der Waals surface area contributed by atoms with Gasteiger partial charge in [0.25, 0.3) is 0 Å². The summed E-state index contributed by atoms with van der Waals surface area (Å²) in [7, 11) is 0. The quantitative estimate of drug-likeness (QED) is 0.551. The average molecular weight is 470 g/mol. The van der Waals surface area contributed by atoms with Gasteiger partial charge < -0.3 is 5.73 Å². The summed E-state index contributed by atoms with van der Waals surface area (Å²) >= 11 is 6.90. The number of hydrogen-bond acceptors (Lipinski definition) is 5. The second-order valence-corrected chi connectivity index (χ2v) is 9.05. The molecule has 0 bridgehead atoms. The number of nitrogens with two attached hydrogens (primary N) is 1. The molecule has 1 aliphatic heterocycles. The van der Waals surface area contributed by atoms with Crippen LogP contribution in [0, 0.1) is 25.2 Å². The molecule has 5 rings (SSSR count). The number of para-hydroxylation sites is 1. The minimum Gasteiger partial charge on any atom is -0.384 e. The Morgan fingerprint density at radius 1 is 1.06 bits per heavy atom. The predicted molar refractivity (Wildman–Crippen MR) is 132 cm³/mol. The first kappa shape index (κ1) is 22.0. The number of aromatic nitrogens is 2. The van der Waals surface area contributed by atoms with Crippen LogP contribution in [0.5, 0.6) is 0 Å². The summed E-state index contributed by atoms with van der Waals surface area (Å²) < 4.78 is 1.65. The number of benzene rings is 2. The second-order valence-electron chi connectivity index (χ2n) is 8.69. The van der Waals surface area contributed by atoms with Gasteiger partial charge >= 0.3 is 0 Å². The maximum absolute atomic E-state index is 13.4. The molecular weight excluding hydrogens is 446 g/mol. The van der Waals surface area contributed by atoms with E-state index in [-0.39, 0.29) is 5.78 Å². The highest BCUT2D eigenvalue weighted by molar-refractivity contribution is 6.31. The van der Waals surface area contributed by atoms with Crippen LogP contribution >= 0.6 is 11.6 Å². The van der Waals surface area contributed by atoms with E-state index < -0.39 is 5.92 Å². The lowest BCUT2D eigenvalue weighted by Crippen LogP contribution is -2.38. The molecule has 1 aromatic heterocycles. The molecular formula is C27H24ClN5O. The van der Waals surface area contributed by atoms with Crippen molar-refractivity contribution in [1.29, 1.82) is 5.26 Å². The van der Waals surface area contributed by atoms with Crippen molar-refractivity contribution in [3.8, 4) is 11.8 Å². The number of nitrogens with zero attached hydrogens (tertiary/aromatic N) is 4. The number of ketones is 1. The van der Waals surface area contributed by atoms with Crippen LogP contribution in [0.3, 0.4) is 0 Å². The molecule has 0 amide bonds. The van der Waals surface area contributed by atoms with Gasteiger partial charge in [-0.3, -0.25) is 9.69 Å². The first-order valence-corrected chi connectivity index (χ1v) is 11.6. The van der Waals surface area contributed by atoms with Gasteiger partial charge in [0.05, 0.1) is 28.9 Å². The molecule has 0 fully saturated rings. The predicted octanol–water partition coefficient (Wildman–Crippen LogP) is 5.45. The van der Waals surface area contributed by atoms with Crippen molar-refractivity contribution >= 4 is 23.1 Å². The summed E-state index contributed by atoms with van der Waals surface area (Å²) in [6.45, 7) is 3.87. The van der Waals surface area contributed by atoms with Crippen LogP contribution in [-0.4, -0.2) is 15.6 Å². The van der Waals surface area contributed by atoms with Gasteiger partial charge in [-0.1, -0.05) is 47.5 Å². The number of nitriles is 1. The van der Waals surface area contributed by atoms with Gasteiger partial charge in [-0.05, 0) is 51.0 Å². The Bertz CT molecular complexity index is 1390. The van der Waals surface area contributed by atoms with E-state index in [2.05, 4.69) is 11.2 Å². The molecule has 0 radical (unpaired) electrons. The Morgan fingerprint density at radius 2 is 1.76 bits per heavy atom. The van der Waals surface area contributed by atoms with Crippen LogP contribution in [0.2, 0.25) is 5.15 Å². The molecule has 0 saturated heterocycles. The number of hydrogen-bond donors (Lipinski definition) is 1. The summed E-state index contributed by atoms with van der Waals surface area (Å²) in [6.07, 6.45) is 1.85. The third-order valence-corrected chi connectivity index (χ3v) is 6.91. The van der Waals surface area contributed by atoms with Crippen LogP contribution in [0.4, 0.5) is 5.69 Å². The highest BCUT2D eigenvalue weighted by Crippen LogP contribution is 2.48. The first-order valence-electron chi connectivity index (χ1n) is 11.3. The number of aryl methyl sites for hydroxylation is 2. The van der Waals surface area contributed by atoms with E-state index in [4.69, 9.17) is 17.3 Å². The van der Waals surface area contributed by atoms with Crippen molar-refractivity contribution in [1.82, 2.24) is 9.78 Å². The molecule has 34 heavy (non-hydrogen) atoms. The smallest absolute Gasteiger partial charge is 0.161 e. The van der Waals surface area contributed by atoms with Gasteiger partial charge in [0.1, 0.15) is 11.0 Å². The van der Waals surface area contributed by atoms with E-state index in [1.807, 2.05) is 73.3 Å². The Hall–Kier alpha value is -3.82. The van der Waals surface area contributed by atoms with E-state index in [9.17, 15) is 10.1 Å². The van der Waals surface area contributed by atoms with Gasteiger partial charge in [0, 0.05) is 28.9 Å². The molecule has 0 spiro atoms. The summed E-state index contributed by atoms with van der Waals surface area (Å²) in [5, 5.41) is 15.3. The third kappa shape index (κ3) is 3.41. The standard InChI is InChI=1S/C27H24ClN5O/c1-16-11-13-18(14-12-16)32-21-9-6-10-22(34)25(21)24(20(15-29)27(32)30)23-17(2)31-33(26(23)28)19-7-4-3-5-8-19/h3-5,7-8,11-14,24H,6,9-10,30H2,1-2H3. The SMILES string of the molecule is Cc1ccc(N2C(N)=C(C#N)C(c3c(C)nn(-c4ccccc4)c3Cl)C3=C2CCCC3=O)cc1. The van der Waals surface area contributed by atoms with E-state index in [0.29, 0.717) is 46.2 Å². The number of rotatable bonds is 3. The monoisotopic (exact) mass is 469 g/mol. The van der Waals surface area contributed by atoms with Crippen molar-refractivity contribution < 1.29 is 4.79 Å². The van der Waals surface area contributed by atoms with Gasteiger partial charge in [0.2, 0.25) is 0 Å². The van der Waals surface area contributed by atoms with Crippen LogP contribution in [-0.2, 0) is 4.79 Å². The number of halogens is 1. The lowest BCUT2D eigenvalue weighted by atomic mass is 9.75. The van der Waals surface area contributed by atoms with Crippen molar-refractivity contribution in [3.63, 3.8) is 0 Å². The Kier molecular flexibility index (Phi) is 5.51. The number of carbonyl (C=O) groups excluding carboxylic acids is 1. The zero-order valence-electron chi connectivity index (χ0n) is 19.0. The van der Waals surface area contributed by atoms with Crippen molar-refractivity contribution in [2.24, 2.45) is 5.73 Å². The molecule has 1 atom stereocenters. The minimum atomic E-state index is -0.653. The largest absolute Gasteiger partial charge is 0.384 e. The van der Waals surface area contributed by atoms with E-state index in [1.165, 1.54) is 0 Å². The molecule has 2 N–H and O–H groups in total. The van der Waals surface area contributed by atoms with E-state index >= 15 is 0 Å². The molecule has 170 valence electrons. The molecule has 2 aromatic carbocycles. The van der Waals surface area contributed by atoms with Crippen molar-refractivity contribution in [2.45, 2.75) is 39.0 Å². The first-order chi connectivity index (χ1) is 16.4. The normalized spacial score (nSPS) is 18.2. The molecule has 3 aromatic rings. The van der Waals surface area contributed by atoms with Crippen LogP contribution in [0.25, 0.3) is 5.69 Å². The van der Waals surface area contributed by atoms with Crippen LogP contribution < -0.4 is 10.6 Å². The summed E-state index contributed by atoms with van der Waals surface area (Å²) in [6, 6.07) is 19.8. The van der Waals surface area contributed by atoms with E-state index in [0.717, 1.165) is 29.1 Å². The molecule has 1 aliphatic carbocycles. The fourth-order valence-corrected chi connectivity index (χ4v) is 5.32. The minimum absolute atomic E-state index is 0.0199. The number of Topliss-reactive ketones (excluding diaryl/α,β-unsaturated/α-hetero) is 1. The van der Waals surface area contributed by atoms with Crippen molar-refractivity contribution in [3.05, 3.63) is 99.2 Å². The Balaban J connectivity index is 1.75. The van der Waals surface area contributed by atoms with Crippen LogP contribution in [0.15, 0.2) is 77.3 Å². The highest BCUT2D eigenvalue weighted by atomic mass is 35.5. The molecule has 0 saturated carbocycles. The summed E-state index contributed by atoms with van der Waals surface area (Å²) in [5.41, 5.74) is 12.5. The van der Waals surface area contributed by atoms with Gasteiger partial charge in [-0.2, -0.15) is 10.4 Å². The second kappa shape index (κ2) is 8.51. The average Bonchev–Trinajstić information content (AvgIpc) is 3.13. The lowest BCUT2D eigenvalue weighted by molar-refractivity contribution is -0.116. The highest BCUT2D eigenvalue weighted by Gasteiger charge is 2.42. The number of anilines is 1. The van der Waals surface area contributed by atoms with Gasteiger partial charge in [-0.25, -0.2) is 4.68 Å². The maximum Gasteiger partial charge on any atom is 0.161 e. The number of allylic oxidation sites excluding steroid dienone is 3. The maximum atomic E-state index is 13.4. The fourth-order valence-electron chi connectivity index (χ4n) is 4.94. The zero-order valence-corrected chi connectivity index (χ0v) is 19.8. The molecule has 2 heterocycles. The van der Waals surface area contributed by atoms with E-state index in [1.54, 1.807) is 4.68 Å². The summed E-state index contributed by atoms with van der Waals surface area (Å²) in [5.74, 6) is -0.307. The fraction of sp³-hybridized carbons (Fsp3) is 0.222.